The molecule has 1 aromatic heterocycles. The van der Waals surface area contributed by atoms with E-state index in [4.69, 9.17) is 0 Å². The maximum absolute atomic E-state index is 11.8. The predicted molar refractivity (Wildman–Crippen MR) is 79.2 cm³/mol. The maximum Gasteiger partial charge on any atom is 0.317 e. The molecule has 3 rings (SSSR count). The molecule has 3 heterocycles. The summed E-state index contributed by atoms with van der Waals surface area (Å²) in [7, 11) is 0. The van der Waals surface area contributed by atoms with Gasteiger partial charge in [0.2, 0.25) is 0 Å². The molecule has 1 aromatic rings. The number of thioether (sulfide) groups is 1. The lowest BCUT2D eigenvalue weighted by molar-refractivity contribution is 0.189. The highest BCUT2D eigenvalue weighted by Gasteiger charge is 2.31. The van der Waals surface area contributed by atoms with Crippen LogP contribution in [0.4, 0.5) is 10.6 Å². The van der Waals surface area contributed by atoms with Gasteiger partial charge < -0.3 is 15.1 Å². The van der Waals surface area contributed by atoms with Crippen LogP contribution in [-0.4, -0.2) is 59.6 Å². The minimum Gasteiger partial charge on any atom is -0.353 e. The molecular formula is C13H19N5OS. The molecule has 7 heteroatoms. The standard InChI is InChI=1S/C13H19N5OS/c1-20-12-5-4-11(15-16-12)17-7-2-3-10(9-17)18-8-6-14-13(18)19/h4-5,10H,2-3,6-9H2,1H3,(H,14,19). The molecule has 2 saturated heterocycles. The summed E-state index contributed by atoms with van der Waals surface area (Å²) < 4.78 is 0. The fourth-order valence-electron chi connectivity index (χ4n) is 2.84. The molecule has 108 valence electrons. The molecular weight excluding hydrogens is 274 g/mol. The summed E-state index contributed by atoms with van der Waals surface area (Å²) in [4.78, 5) is 16.0. The van der Waals surface area contributed by atoms with Crippen molar-refractivity contribution < 1.29 is 4.79 Å². The van der Waals surface area contributed by atoms with Crippen LogP contribution in [0.15, 0.2) is 17.2 Å². The number of hydrogen-bond donors (Lipinski definition) is 1. The van der Waals surface area contributed by atoms with Gasteiger partial charge in [-0.3, -0.25) is 0 Å². The van der Waals surface area contributed by atoms with Gasteiger partial charge in [0, 0.05) is 26.2 Å². The predicted octanol–water partition coefficient (Wildman–Crippen LogP) is 1.19. The van der Waals surface area contributed by atoms with Crippen molar-refractivity contribution in [3.8, 4) is 0 Å². The Morgan fingerprint density at radius 3 is 2.90 bits per heavy atom. The second-order valence-electron chi connectivity index (χ2n) is 5.10. The first-order valence-electron chi connectivity index (χ1n) is 6.95. The Kier molecular flexibility index (Phi) is 3.95. The highest BCUT2D eigenvalue weighted by Crippen LogP contribution is 2.22. The number of nitrogens with zero attached hydrogens (tertiary/aromatic N) is 4. The Morgan fingerprint density at radius 1 is 1.35 bits per heavy atom. The Labute approximate surface area is 122 Å². The Hall–Kier alpha value is -1.50. The lowest BCUT2D eigenvalue weighted by Gasteiger charge is -2.37. The first-order valence-corrected chi connectivity index (χ1v) is 8.17. The number of carbonyl (C=O) groups excluding carboxylic acids is 1. The molecule has 2 fully saturated rings. The highest BCUT2D eigenvalue weighted by atomic mass is 32.2. The van der Waals surface area contributed by atoms with Crippen molar-refractivity contribution in [1.82, 2.24) is 20.4 Å². The van der Waals surface area contributed by atoms with Crippen LogP contribution in [0.2, 0.25) is 0 Å². The van der Waals surface area contributed by atoms with Gasteiger partial charge in [-0.25, -0.2) is 4.79 Å². The molecule has 0 aliphatic carbocycles. The summed E-state index contributed by atoms with van der Waals surface area (Å²) in [6.07, 6.45) is 4.15. The number of anilines is 1. The van der Waals surface area contributed by atoms with Crippen molar-refractivity contribution in [2.24, 2.45) is 0 Å². The van der Waals surface area contributed by atoms with E-state index >= 15 is 0 Å². The summed E-state index contributed by atoms with van der Waals surface area (Å²) in [5.41, 5.74) is 0. The molecule has 0 aromatic carbocycles. The Morgan fingerprint density at radius 2 is 2.25 bits per heavy atom. The van der Waals surface area contributed by atoms with Gasteiger partial charge in [0.05, 0.1) is 6.04 Å². The van der Waals surface area contributed by atoms with Crippen molar-refractivity contribution in [1.29, 1.82) is 0 Å². The quantitative estimate of drug-likeness (QED) is 0.848. The van der Waals surface area contributed by atoms with Crippen LogP contribution in [-0.2, 0) is 0 Å². The van der Waals surface area contributed by atoms with Gasteiger partial charge in [-0.05, 0) is 31.2 Å². The van der Waals surface area contributed by atoms with Gasteiger partial charge in [-0.1, -0.05) is 0 Å². The van der Waals surface area contributed by atoms with Crippen LogP contribution in [0.1, 0.15) is 12.8 Å². The van der Waals surface area contributed by atoms with Gasteiger partial charge in [-0.2, -0.15) is 0 Å². The molecule has 20 heavy (non-hydrogen) atoms. The van der Waals surface area contributed by atoms with Crippen molar-refractivity contribution in [3.05, 3.63) is 12.1 Å². The molecule has 2 amide bonds. The van der Waals surface area contributed by atoms with E-state index in [1.807, 2.05) is 23.3 Å². The van der Waals surface area contributed by atoms with E-state index in [0.29, 0.717) is 0 Å². The third-order valence-corrected chi connectivity index (χ3v) is 4.52. The minimum absolute atomic E-state index is 0.0701. The molecule has 0 radical (unpaired) electrons. The number of rotatable bonds is 3. The minimum atomic E-state index is 0.0701. The van der Waals surface area contributed by atoms with Gasteiger partial charge in [0.1, 0.15) is 5.03 Å². The summed E-state index contributed by atoms with van der Waals surface area (Å²) in [6.45, 7) is 3.41. The topological polar surface area (TPSA) is 61.4 Å². The zero-order valence-corrected chi connectivity index (χ0v) is 12.4. The normalized spacial score (nSPS) is 23.1. The van der Waals surface area contributed by atoms with E-state index in [1.165, 1.54) is 0 Å². The molecule has 1 N–H and O–H groups in total. The molecule has 0 bridgehead atoms. The molecule has 0 saturated carbocycles. The highest BCUT2D eigenvalue weighted by molar-refractivity contribution is 7.98. The second-order valence-corrected chi connectivity index (χ2v) is 5.93. The lowest BCUT2D eigenvalue weighted by Crippen LogP contribution is -2.49. The van der Waals surface area contributed by atoms with Crippen molar-refractivity contribution in [2.45, 2.75) is 23.9 Å². The van der Waals surface area contributed by atoms with E-state index in [2.05, 4.69) is 20.4 Å². The van der Waals surface area contributed by atoms with Crippen LogP contribution >= 0.6 is 11.8 Å². The number of carbonyl (C=O) groups is 1. The van der Waals surface area contributed by atoms with Gasteiger partial charge >= 0.3 is 6.03 Å². The van der Waals surface area contributed by atoms with Crippen molar-refractivity contribution >= 4 is 23.6 Å². The summed E-state index contributed by atoms with van der Waals surface area (Å²) in [5.74, 6) is 0.909. The monoisotopic (exact) mass is 293 g/mol. The lowest BCUT2D eigenvalue weighted by atomic mass is 10.0. The average Bonchev–Trinajstić information content (AvgIpc) is 2.94. The molecule has 2 aliphatic rings. The average molecular weight is 293 g/mol. The molecule has 2 aliphatic heterocycles. The summed E-state index contributed by atoms with van der Waals surface area (Å²) in [5, 5.41) is 12.3. The third-order valence-electron chi connectivity index (χ3n) is 3.89. The second kappa shape index (κ2) is 5.87. The SMILES string of the molecule is CSc1ccc(N2CCCC(N3CCNC3=O)C2)nn1. The zero-order valence-electron chi connectivity index (χ0n) is 11.6. The summed E-state index contributed by atoms with van der Waals surface area (Å²) >= 11 is 1.59. The van der Waals surface area contributed by atoms with Crippen LogP contribution < -0.4 is 10.2 Å². The number of piperidine rings is 1. The van der Waals surface area contributed by atoms with Crippen LogP contribution in [0, 0.1) is 0 Å². The number of aromatic nitrogens is 2. The van der Waals surface area contributed by atoms with E-state index in [1.54, 1.807) is 11.8 Å². The van der Waals surface area contributed by atoms with Gasteiger partial charge in [0.15, 0.2) is 5.82 Å². The van der Waals surface area contributed by atoms with E-state index < -0.39 is 0 Å². The number of urea groups is 1. The number of hydrogen-bond acceptors (Lipinski definition) is 5. The molecule has 1 atom stereocenters. The maximum atomic E-state index is 11.8. The van der Waals surface area contributed by atoms with Crippen molar-refractivity contribution in [2.75, 3.05) is 37.3 Å². The fourth-order valence-corrected chi connectivity index (χ4v) is 3.17. The third kappa shape index (κ3) is 2.67. The van der Waals surface area contributed by atoms with Crippen LogP contribution in [0.25, 0.3) is 0 Å². The number of amides is 2. The molecule has 6 nitrogen and oxygen atoms in total. The largest absolute Gasteiger partial charge is 0.353 e. The Bertz CT molecular complexity index is 480. The van der Waals surface area contributed by atoms with Crippen LogP contribution in [0.3, 0.4) is 0 Å². The Balaban J connectivity index is 1.69. The first-order chi connectivity index (χ1) is 9.78. The number of nitrogens with one attached hydrogen (secondary N) is 1. The summed E-state index contributed by atoms with van der Waals surface area (Å²) in [6, 6.07) is 4.37. The molecule has 0 spiro atoms. The first kappa shape index (κ1) is 13.5. The van der Waals surface area contributed by atoms with E-state index in [0.717, 1.165) is 49.9 Å². The van der Waals surface area contributed by atoms with Crippen LogP contribution in [0.5, 0.6) is 0 Å². The van der Waals surface area contributed by atoms with E-state index in [9.17, 15) is 4.79 Å². The fraction of sp³-hybridized carbons (Fsp3) is 0.615. The van der Waals surface area contributed by atoms with E-state index in [-0.39, 0.29) is 12.1 Å². The van der Waals surface area contributed by atoms with Gasteiger partial charge in [-0.15, -0.1) is 22.0 Å². The smallest absolute Gasteiger partial charge is 0.317 e. The van der Waals surface area contributed by atoms with Crippen molar-refractivity contribution in [3.63, 3.8) is 0 Å². The van der Waals surface area contributed by atoms with Gasteiger partial charge in [0.25, 0.3) is 0 Å². The molecule has 1 unspecified atom stereocenters. The zero-order chi connectivity index (χ0) is 13.9.